The van der Waals surface area contributed by atoms with E-state index in [0.29, 0.717) is 36.8 Å². The number of nitrogens with one attached hydrogen (secondary N) is 8. The molecular weight excluding hydrogens is 1390 g/mol. The van der Waals surface area contributed by atoms with Gasteiger partial charge in [0, 0.05) is 73.5 Å². The maximum atomic E-state index is 15.0. The van der Waals surface area contributed by atoms with Crippen molar-refractivity contribution in [1.82, 2.24) is 57.5 Å². The number of hydrogen-bond acceptors (Lipinski definition) is 22. The second-order valence-electron chi connectivity index (χ2n) is 26.8. The molecule has 11 N–H and O–H groups in total. The predicted octanol–water partition coefficient (Wildman–Crippen LogP) is 5.58. The topological polar surface area (TPSA) is 409 Å². The van der Waals surface area contributed by atoms with Gasteiger partial charge in [-0.2, -0.15) is 0 Å². The molecule has 29 nitrogen and oxygen atoms in total. The largest absolute Gasteiger partial charge is 0.508 e. The zero-order chi connectivity index (χ0) is 75.9. The quantitative estimate of drug-likeness (QED) is 0.00626. The van der Waals surface area contributed by atoms with Crippen molar-refractivity contribution in [1.29, 1.82) is 0 Å². The molecule has 1 aromatic heterocycles. The number of aromatic hydroxyl groups is 1. The monoisotopic (exact) mass is 1490 g/mol. The van der Waals surface area contributed by atoms with Crippen LogP contribution in [0.25, 0.3) is 0 Å². The van der Waals surface area contributed by atoms with E-state index in [0.717, 1.165) is 71.6 Å². The first-order valence-electron chi connectivity index (χ1n) is 35.0. The molecule has 33 heteroatoms. The van der Waals surface area contributed by atoms with Crippen LogP contribution in [-0.4, -0.2) is 201 Å². The average molecular weight is 1490 g/mol. The molecule has 2 aliphatic rings. The Morgan fingerprint density at radius 3 is 2.08 bits per heavy atom. The number of hydrazine groups is 1. The molecule has 0 bridgehead atoms. The van der Waals surface area contributed by atoms with Gasteiger partial charge in [0.1, 0.15) is 47.2 Å². The van der Waals surface area contributed by atoms with Crippen molar-refractivity contribution in [3.8, 4) is 5.75 Å². The number of aliphatic carboxylic acids is 2. The molecule has 0 spiro atoms. The molecule has 1 aliphatic heterocycles. The summed E-state index contributed by atoms with van der Waals surface area (Å²) in [4.78, 5) is 168. The Morgan fingerprint density at radius 2 is 1.46 bits per heavy atom. The van der Waals surface area contributed by atoms with Gasteiger partial charge in [-0.05, 0) is 112 Å². The van der Waals surface area contributed by atoms with Gasteiger partial charge in [-0.1, -0.05) is 125 Å². The summed E-state index contributed by atoms with van der Waals surface area (Å²) < 4.78 is 16.8. The number of carbonyl (C=O) groups is 12. The molecule has 1 saturated heterocycles. The van der Waals surface area contributed by atoms with E-state index in [2.05, 4.69) is 47.7 Å². The number of phenols is 1. The number of likely N-dealkylation sites (N-methyl/N-ethyl adjacent to an activating group) is 1. The number of esters is 2. The maximum Gasteiger partial charge on any atom is 0.426 e. The summed E-state index contributed by atoms with van der Waals surface area (Å²) in [6.07, 6.45) is 3.47. The Kier molecular flexibility index (Phi) is 36.0. The lowest BCUT2D eigenvalue weighted by molar-refractivity contribution is -0.160. The molecule has 1 unspecified atom stereocenters. The highest BCUT2D eigenvalue weighted by Crippen LogP contribution is 2.33. The summed E-state index contributed by atoms with van der Waals surface area (Å²) in [5.41, 5.74) is 5.21. The Balaban J connectivity index is 1.17. The minimum absolute atomic E-state index is 0.00166. The molecule has 2 heterocycles. The van der Waals surface area contributed by atoms with Gasteiger partial charge < -0.3 is 66.3 Å². The van der Waals surface area contributed by atoms with Gasteiger partial charge in [-0.15, -0.1) is 11.3 Å². The number of carboxylic acid groups (broad SMARTS) is 2. The van der Waals surface area contributed by atoms with Crippen molar-refractivity contribution in [2.45, 2.75) is 218 Å². The smallest absolute Gasteiger partial charge is 0.426 e. The van der Waals surface area contributed by atoms with E-state index in [1.54, 1.807) is 49.4 Å². The minimum atomic E-state index is -1.57. The molecule has 566 valence electrons. The highest BCUT2D eigenvalue weighted by Gasteiger charge is 2.41. The van der Waals surface area contributed by atoms with E-state index in [1.807, 2.05) is 53.5 Å². The van der Waals surface area contributed by atoms with Crippen molar-refractivity contribution >= 4 is 112 Å². The summed E-state index contributed by atoms with van der Waals surface area (Å²) >= 11 is 1.03. The van der Waals surface area contributed by atoms with Crippen LogP contribution in [0.4, 0.5) is 4.79 Å². The summed E-state index contributed by atoms with van der Waals surface area (Å²) in [7, 11) is 10.3. The SMILES string of the molecule is [B]C1(N[C@H](C)CCC(=O)N[C@@H](CC(=O)O)C(=O)N[C@@H](Cc2ccccc2)C(=O)N[C@@H](CSSCCOC(=O)NNC(=O)[C@@H](C)C[C@H](Cc2ccc(O)cc2)NC(=O)c2csc([C@H](C[C@H](C(C)C)N(COC(=O)CCC)C(=O)[C@@H](NC(=O)[C@H]3CCCCN3C)C(C)CC)OC(C)=O)n2)C(=O)O)CCC1. The number of hydrogen-bond donors (Lipinski definition) is 11. The van der Waals surface area contributed by atoms with Crippen LogP contribution in [0.3, 0.4) is 0 Å². The number of phenolic OH excluding ortho intramolecular Hbond substituents is 1. The van der Waals surface area contributed by atoms with Crippen LogP contribution >= 0.6 is 32.9 Å². The fraction of sp³-hybridized carbons (Fsp3) is 0.614. The molecule has 11 atom stereocenters. The lowest BCUT2D eigenvalue weighted by Crippen LogP contribution is -2.59. The van der Waals surface area contributed by atoms with Crippen LogP contribution in [0.2, 0.25) is 0 Å². The Labute approximate surface area is 615 Å². The third-order valence-electron chi connectivity index (χ3n) is 17.9. The zero-order valence-electron chi connectivity index (χ0n) is 60.2. The van der Waals surface area contributed by atoms with Crippen LogP contribution in [0.5, 0.6) is 5.75 Å². The maximum absolute atomic E-state index is 15.0. The molecule has 2 radical (unpaired) electrons. The van der Waals surface area contributed by atoms with Gasteiger partial charge in [0.15, 0.2) is 12.8 Å². The van der Waals surface area contributed by atoms with Gasteiger partial charge >= 0.3 is 30.0 Å². The van der Waals surface area contributed by atoms with Gasteiger partial charge in [0.2, 0.25) is 35.4 Å². The number of likely N-dealkylation sites (tertiary alicyclic amines) is 1. The fourth-order valence-corrected chi connectivity index (χ4v) is 14.6. The molecule has 1 saturated carbocycles. The van der Waals surface area contributed by atoms with Crippen LogP contribution in [0, 0.1) is 17.8 Å². The number of carboxylic acids is 2. The second kappa shape index (κ2) is 43.3. The number of nitrogens with zero attached hydrogens (tertiary/aromatic N) is 3. The summed E-state index contributed by atoms with van der Waals surface area (Å²) in [6, 6.07) is 7.12. The van der Waals surface area contributed by atoms with Crippen LogP contribution in [0.1, 0.15) is 178 Å². The number of carbonyl (C=O) groups excluding carboxylic acids is 10. The molecular formula is C70H102BN11O18S3. The number of amides is 8. The zero-order valence-corrected chi connectivity index (χ0v) is 62.6. The van der Waals surface area contributed by atoms with E-state index in [-0.39, 0.29) is 96.9 Å². The molecule has 2 aromatic carbocycles. The highest BCUT2D eigenvalue weighted by atomic mass is 33.1. The van der Waals surface area contributed by atoms with Crippen LogP contribution < -0.4 is 42.8 Å². The molecule has 8 amide bonds. The van der Waals surface area contributed by atoms with E-state index in [9.17, 15) is 68.1 Å². The van der Waals surface area contributed by atoms with Crippen molar-refractivity contribution < 1.29 is 87.1 Å². The summed E-state index contributed by atoms with van der Waals surface area (Å²) in [5.74, 6) is -10.2. The number of aromatic nitrogens is 1. The molecule has 3 aromatic rings. The molecule has 2 fully saturated rings. The third kappa shape index (κ3) is 29.6. The standard InChI is InChI=1S/C70H102BN11O18S3/c1-10-18-59(88)99-40-82(67(94)60(42(5)11-2)77-65(93)54-21-15-16-30-81(54)9)55(41(3)4)37-56(100-45(8)83)66-76-52(38-101-66)64(92)72-48(34-47-23-25-49(84)26-24-47)33-43(6)61(89)79-80-69(97)98-31-32-102-103-39-53(68(95)96)75-62(90)50(35-46-19-13-12-14-20-46)74-63(91)51(36-58(86)87)73-57(85)27-22-44(7)78-70(71)28-17-29-70/h12-14,19-20,23-26,38,41-44,48,50-51,53-56,60,78,84H,10-11,15-18,21-22,27-37,39-40H2,1-9H3,(H,72,92)(H,73,85)(H,74,91)(H,75,90)(H,77,93)(H,79,89)(H,80,97)(H,86,87)(H,95,96)/t42?,43-,44+,48+,50-,51-,53-,54+,55+,56-,60-/m0/s1. The number of thiazole rings is 1. The molecule has 5 rings (SSSR count). The normalized spacial score (nSPS) is 17.0. The number of benzene rings is 2. The van der Waals surface area contributed by atoms with Crippen molar-refractivity contribution in [3.05, 3.63) is 81.8 Å². The fourth-order valence-electron chi connectivity index (χ4n) is 11.7. The first kappa shape index (κ1) is 85.6. The average Bonchev–Trinajstić information content (AvgIpc) is 1.80. The van der Waals surface area contributed by atoms with Gasteiger partial charge in [-0.25, -0.2) is 20.0 Å². The van der Waals surface area contributed by atoms with Gasteiger partial charge in [-0.3, -0.25) is 58.3 Å². The summed E-state index contributed by atoms with van der Waals surface area (Å²) in [6.45, 7) is 14.0. The van der Waals surface area contributed by atoms with E-state index in [1.165, 1.54) is 29.3 Å². The first-order valence-corrected chi connectivity index (χ1v) is 38.4. The van der Waals surface area contributed by atoms with E-state index >= 15 is 4.79 Å². The highest BCUT2D eigenvalue weighted by molar-refractivity contribution is 8.76. The van der Waals surface area contributed by atoms with Crippen molar-refractivity contribution in [2.24, 2.45) is 17.8 Å². The minimum Gasteiger partial charge on any atom is -0.508 e. The van der Waals surface area contributed by atoms with Crippen LogP contribution in [-0.2, 0) is 75.0 Å². The van der Waals surface area contributed by atoms with Gasteiger partial charge in [0.25, 0.3) is 5.91 Å². The van der Waals surface area contributed by atoms with E-state index < -0.39 is 138 Å². The van der Waals surface area contributed by atoms with Gasteiger partial charge in [0.05, 0.1) is 20.3 Å². The summed E-state index contributed by atoms with van der Waals surface area (Å²) in [5, 5.41) is 48.2. The lowest BCUT2D eigenvalue weighted by atomic mass is 9.62. The number of ether oxygens (including phenoxy) is 3. The van der Waals surface area contributed by atoms with Crippen molar-refractivity contribution in [2.75, 3.05) is 38.4 Å². The molecule has 103 heavy (non-hydrogen) atoms. The Hall–Kier alpha value is -8.01. The molecule has 1 aliphatic carbocycles. The van der Waals surface area contributed by atoms with E-state index in [4.69, 9.17) is 22.1 Å². The van der Waals surface area contributed by atoms with Crippen LogP contribution in [0.15, 0.2) is 60.0 Å². The lowest BCUT2D eigenvalue weighted by Gasteiger charge is -2.42. The number of rotatable bonds is 43. The Bertz CT molecular complexity index is 3320. The second-order valence-corrected chi connectivity index (χ2v) is 30.3. The first-order chi connectivity index (χ1) is 48.9. The predicted molar refractivity (Wildman–Crippen MR) is 389 cm³/mol. The Morgan fingerprint density at radius 1 is 0.777 bits per heavy atom. The third-order valence-corrected chi connectivity index (χ3v) is 21.2. The number of piperidine rings is 1. The van der Waals surface area contributed by atoms with Crippen molar-refractivity contribution in [3.63, 3.8) is 0 Å².